The summed E-state index contributed by atoms with van der Waals surface area (Å²) in [4.78, 5) is 28.1. The second-order valence-electron chi connectivity index (χ2n) is 6.50. The second-order valence-corrected chi connectivity index (χ2v) is 6.50. The summed E-state index contributed by atoms with van der Waals surface area (Å²) in [5.74, 6) is 0.964. The number of aryl methyl sites for hydroxylation is 2. The molecule has 0 bridgehead atoms. The maximum Gasteiger partial charge on any atom is 0.409 e. The number of carbonyl (C=O) groups excluding carboxylic acids is 1. The Morgan fingerprint density at radius 1 is 1.27 bits per heavy atom. The Morgan fingerprint density at radius 3 is 2.69 bits per heavy atom. The molecule has 1 aliphatic rings. The zero-order chi connectivity index (χ0) is 18.3. The van der Waals surface area contributed by atoms with Crippen molar-refractivity contribution in [3.8, 4) is 11.4 Å². The third-order valence-corrected chi connectivity index (χ3v) is 4.95. The molecule has 3 aromatic rings. The summed E-state index contributed by atoms with van der Waals surface area (Å²) >= 11 is 0. The topological polar surface area (TPSA) is 79.3 Å². The van der Waals surface area contributed by atoms with Crippen LogP contribution < -0.4 is 4.90 Å². The van der Waals surface area contributed by atoms with Crippen molar-refractivity contribution in [3.05, 3.63) is 30.4 Å². The molecule has 136 valence electrons. The Labute approximate surface area is 151 Å². The minimum absolute atomic E-state index is 0.265. The number of ether oxygens (including phenoxy) is 1. The van der Waals surface area contributed by atoms with E-state index in [2.05, 4.69) is 25.9 Å². The van der Waals surface area contributed by atoms with Gasteiger partial charge in [0.15, 0.2) is 0 Å². The fraction of sp³-hybridized carbons (Fsp3) is 0.389. The van der Waals surface area contributed by atoms with Gasteiger partial charge in [0.1, 0.15) is 17.2 Å². The first-order chi connectivity index (χ1) is 12.6. The van der Waals surface area contributed by atoms with E-state index in [0.717, 1.165) is 47.0 Å². The van der Waals surface area contributed by atoms with Gasteiger partial charge in [-0.25, -0.2) is 14.8 Å². The summed E-state index contributed by atoms with van der Waals surface area (Å²) in [5, 5.41) is 1.07. The lowest BCUT2D eigenvalue weighted by molar-refractivity contribution is 0.121. The minimum atomic E-state index is -0.265. The van der Waals surface area contributed by atoms with E-state index in [1.165, 1.54) is 7.11 Å². The van der Waals surface area contributed by atoms with E-state index in [-0.39, 0.29) is 6.09 Å². The number of carbonyl (C=O) groups is 1. The van der Waals surface area contributed by atoms with Crippen molar-refractivity contribution in [2.24, 2.45) is 7.05 Å². The van der Waals surface area contributed by atoms with E-state index in [1.807, 2.05) is 37.0 Å². The van der Waals surface area contributed by atoms with E-state index in [0.29, 0.717) is 13.1 Å². The number of amides is 1. The van der Waals surface area contributed by atoms with Crippen LogP contribution in [0.5, 0.6) is 0 Å². The summed E-state index contributed by atoms with van der Waals surface area (Å²) in [7, 11) is 3.40. The molecule has 0 radical (unpaired) electrons. The van der Waals surface area contributed by atoms with Crippen LogP contribution in [0.1, 0.15) is 5.82 Å². The van der Waals surface area contributed by atoms with Crippen molar-refractivity contribution in [1.29, 1.82) is 0 Å². The molecule has 4 rings (SSSR count). The molecule has 0 aliphatic carbocycles. The maximum atomic E-state index is 11.7. The molecule has 0 unspecified atom stereocenters. The Bertz CT molecular complexity index is 932. The third kappa shape index (κ3) is 2.77. The molecule has 26 heavy (non-hydrogen) atoms. The maximum absolute atomic E-state index is 11.7. The molecule has 4 heterocycles. The number of aromatic amines is 1. The summed E-state index contributed by atoms with van der Waals surface area (Å²) in [5.41, 5.74) is 3.83. The molecule has 3 aromatic heterocycles. The van der Waals surface area contributed by atoms with Gasteiger partial charge >= 0.3 is 6.09 Å². The van der Waals surface area contributed by atoms with Crippen LogP contribution in [0.3, 0.4) is 0 Å². The summed E-state index contributed by atoms with van der Waals surface area (Å²) in [6.07, 6.45) is 3.56. The summed E-state index contributed by atoms with van der Waals surface area (Å²) in [6, 6.07) is 4.13. The number of piperazine rings is 1. The number of aromatic nitrogens is 4. The van der Waals surface area contributed by atoms with Crippen molar-refractivity contribution in [2.75, 3.05) is 38.2 Å². The van der Waals surface area contributed by atoms with Crippen LogP contribution in [0.2, 0.25) is 0 Å². The number of nitrogens with zero attached hydrogens (tertiary/aromatic N) is 5. The van der Waals surface area contributed by atoms with Gasteiger partial charge in [-0.15, -0.1) is 0 Å². The molecule has 1 saturated heterocycles. The van der Waals surface area contributed by atoms with Gasteiger partial charge in [0.2, 0.25) is 0 Å². The number of methoxy groups -OCH3 is 1. The van der Waals surface area contributed by atoms with E-state index in [1.54, 1.807) is 4.90 Å². The monoisotopic (exact) mass is 354 g/mol. The second kappa shape index (κ2) is 6.36. The average Bonchev–Trinajstić information content (AvgIpc) is 3.24. The smallest absolute Gasteiger partial charge is 0.409 e. The van der Waals surface area contributed by atoms with Gasteiger partial charge in [0.25, 0.3) is 0 Å². The number of anilines is 1. The molecule has 8 nitrogen and oxygen atoms in total. The number of imidazole rings is 1. The van der Waals surface area contributed by atoms with Crippen molar-refractivity contribution < 1.29 is 9.53 Å². The molecular formula is C18H22N6O2. The van der Waals surface area contributed by atoms with Gasteiger partial charge in [-0.1, -0.05) is 0 Å². The molecule has 1 N–H and O–H groups in total. The fourth-order valence-electron chi connectivity index (χ4n) is 3.37. The highest BCUT2D eigenvalue weighted by molar-refractivity contribution is 5.93. The van der Waals surface area contributed by atoms with E-state index in [9.17, 15) is 4.79 Å². The van der Waals surface area contributed by atoms with Gasteiger partial charge in [-0.3, -0.25) is 0 Å². The SMILES string of the molecule is COC(=O)N1CCN(c2ccnc3[nH]c(-c4cn(C)c(C)n4)cc23)CC1. The first-order valence-electron chi connectivity index (χ1n) is 8.62. The quantitative estimate of drug-likeness (QED) is 0.763. The van der Waals surface area contributed by atoms with E-state index < -0.39 is 0 Å². The lowest BCUT2D eigenvalue weighted by atomic mass is 10.2. The first-order valence-corrected chi connectivity index (χ1v) is 8.62. The highest BCUT2D eigenvalue weighted by Gasteiger charge is 2.23. The van der Waals surface area contributed by atoms with Crippen molar-refractivity contribution in [3.63, 3.8) is 0 Å². The van der Waals surface area contributed by atoms with E-state index in [4.69, 9.17) is 4.74 Å². The average molecular weight is 354 g/mol. The standard InChI is InChI=1S/C18H22N6O2/c1-12-20-15(11-22(12)2)14-10-13-16(4-5-19-17(13)21-14)23-6-8-24(9-7-23)18(25)26-3/h4-5,10-11H,6-9H2,1-3H3,(H,19,21). The largest absolute Gasteiger partial charge is 0.453 e. The van der Waals surface area contributed by atoms with Crippen LogP contribution in [0, 0.1) is 6.92 Å². The van der Waals surface area contributed by atoms with Crippen molar-refractivity contribution >= 4 is 22.8 Å². The highest BCUT2D eigenvalue weighted by atomic mass is 16.5. The van der Waals surface area contributed by atoms with Gasteiger partial charge in [0, 0.05) is 56.7 Å². The number of hydrogen-bond acceptors (Lipinski definition) is 5. The fourth-order valence-corrected chi connectivity index (χ4v) is 3.37. The van der Waals surface area contributed by atoms with Crippen LogP contribution >= 0.6 is 0 Å². The lowest BCUT2D eigenvalue weighted by Gasteiger charge is -2.35. The van der Waals surface area contributed by atoms with Gasteiger partial charge in [-0.05, 0) is 19.1 Å². The normalized spacial score (nSPS) is 14.9. The van der Waals surface area contributed by atoms with Crippen molar-refractivity contribution in [2.45, 2.75) is 6.92 Å². The molecule has 0 spiro atoms. The molecule has 0 atom stereocenters. The van der Waals surface area contributed by atoms with Crippen LogP contribution in [-0.2, 0) is 11.8 Å². The number of H-pyrrole nitrogens is 1. The highest BCUT2D eigenvalue weighted by Crippen LogP contribution is 2.30. The predicted octanol–water partition coefficient (Wildman–Crippen LogP) is 2.16. The number of fused-ring (bicyclic) bond motifs is 1. The molecule has 1 amide bonds. The molecule has 8 heteroatoms. The van der Waals surface area contributed by atoms with Gasteiger partial charge in [0.05, 0.1) is 12.8 Å². The van der Waals surface area contributed by atoms with Crippen LogP contribution in [0.25, 0.3) is 22.4 Å². The number of pyridine rings is 1. The number of rotatable bonds is 2. The Hall–Kier alpha value is -3.03. The van der Waals surface area contributed by atoms with Crippen molar-refractivity contribution in [1.82, 2.24) is 24.4 Å². The third-order valence-electron chi connectivity index (χ3n) is 4.95. The van der Waals surface area contributed by atoms with Crippen LogP contribution in [0.15, 0.2) is 24.5 Å². The molecule has 1 aliphatic heterocycles. The minimum Gasteiger partial charge on any atom is -0.453 e. The molecule has 1 fully saturated rings. The number of nitrogens with one attached hydrogen (secondary N) is 1. The summed E-state index contributed by atoms with van der Waals surface area (Å²) in [6.45, 7) is 4.80. The van der Waals surface area contributed by atoms with E-state index >= 15 is 0 Å². The molecular weight excluding hydrogens is 332 g/mol. The van der Waals surface area contributed by atoms with Gasteiger partial charge in [-0.2, -0.15) is 0 Å². The summed E-state index contributed by atoms with van der Waals surface area (Å²) < 4.78 is 6.81. The Kier molecular flexibility index (Phi) is 4.02. The molecule has 0 saturated carbocycles. The zero-order valence-electron chi connectivity index (χ0n) is 15.2. The predicted molar refractivity (Wildman–Crippen MR) is 99.2 cm³/mol. The lowest BCUT2D eigenvalue weighted by Crippen LogP contribution is -2.48. The Balaban J connectivity index is 1.63. The number of hydrogen-bond donors (Lipinski definition) is 1. The van der Waals surface area contributed by atoms with Crippen LogP contribution in [0.4, 0.5) is 10.5 Å². The molecule has 0 aromatic carbocycles. The van der Waals surface area contributed by atoms with Crippen LogP contribution in [-0.4, -0.2) is 63.8 Å². The van der Waals surface area contributed by atoms with Gasteiger partial charge < -0.3 is 24.1 Å². The first kappa shape index (κ1) is 16.4. The zero-order valence-corrected chi connectivity index (χ0v) is 15.2. The Morgan fingerprint density at radius 2 is 2.04 bits per heavy atom.